The molecule has 15 heteroatoms. The van der Waals surface area contributed by atoms with Crippen LogP contribution in [0.15, 0.2) is 23.2 Å². The van der Waals surface area contributed by atoms with Crippen molar-refractivity contribution in [1.82, 2.24) is 15.6 Å². The summed E-state index contributed by atoms with van der Waals surface area (Å²) in [4.78, 5) is 33.7. The van der Waals surface area contributed by atoms with Gasteiger partial charge >= 0.3 is 6.18 Å². The highest BCUT2D eigenvalue weighted by molar-refractivity contribution is 6.40. The highest BCUT2D eigenvalue weighted by atomic mass is 35.5. The first-order valence-corrected chi connectivity index (χ1v) is 14.4. The maximum Gasteiger partial charge on any atom is 0.391 e. The molecule has 1 aromatic heterocycles. The molecule has 0 unspecified atom stereocenters. The number of nitrogens with one attached hydrogen (secondary N) is 3. The van der Waals surface area contributed by atoms with Gasteiger partial charge in [-0.15, -0.1) is 0 Å². The molecule has 0 radical (unpaired) electrons. The zero-order chi connectivity index (χ0) is 31.5. The van der Waals surface area contributed by atoms with Crippen LogP contribution in [0.25, 0.3) is 0 Å². The highest BCUT2D eigenvalue weighted by Crippen LogP contribution is 2.39. The molecule has 1 saturated carbocycles. The lowest BCUT2D eigenvalue weighted by atomic mass is 9.85. The van der Waals surface area contributed by atoms with Gasteiger partial charge in [-0.3, -0.25) is 9.59 Å². The second-order valence-corrected chi connectivity index (χ2v) is 11.5. The number of fused-ring (bicyclic) bond motifs is 1. The molecule has 1 aromatic carbocycles. The van der Waals surface area contributed by atoms with Crippen molar-refractivity contribution in [2.24, 2.45) is 16.8 Å². The lowest BCUT2D eigenvalue weighted by molar-refractivity contribution is -0.182. The molecule has 1 fully saturated rings. The number of halogens is 7. The van der Waals surface area contributed by atoms with Crippen LogP contribution in [0.4, 0.5) is 33.5 Å². The Balaban J connectivity index is 1.51. The van der Waals surface area contributed by atoms with Gasteiger partial charge in [-0.05, 0) is 43.4 Å². The quantitative estimate of drug-likeness (QED) is 0.258. The van der Waals surface area contributed by atoms with E-state index in [-0.39, 0.29) is 77.8 Å². The first-order valence-electron chi connectivity index (χ1n) is 13.6. The van der Waals surface area contributed by atoms with Crippen molar-refractivity contribution >= 4 is 52.4 Å². The van der Waals surface area contributed by atoms with Gasteiger partial charge in [-0.2, -0.15) is 18.2 Å². The summed E-state index contributed by atoms with van der Waals surface area (Å²) >= 11 is 13.0. The summed E-state index contributed by atoms with van der Waals surface area (Å²) in [7, 11) is 0. The molecule has 2 aliphatic rings. The summed E-state index contributed by atoms with van der Waals surface area (Å²) in [5.74, 6) is -2.38. The number of benzene rings is 1. The van der Waals surface area contributed by atoms with Gasteiger partial charge in [0, 0.05) is 30.5 Å². The Kier molecular flexibility index (Phi) is 10.4. The molecule has 234 valence electrons. The van der Waals surface area contributed by atoms with Crippen molar-refractivity contribution in [3.05, 3.63) is 44.9 Å². The second kappa shape index (κ2) is 13.6. The molecule has 4 rings (SSSR count). The predicted molar refractivity (Wildman–Crippen MR) is 153 cm³/mol. The van der Waals surface area contributed by atoms with Crippen molar-refractivity contribution in [2.75, 3.05) is 11.9 Å². The minimum Gasteiger partial charge on any atom is -0.471 e. The monoisotopic (exact) mass is 649 g/mol. The Morgan fingerprint density at radius 3 is 2.44 bits per heavy atom. The van der Waals surface area contributed by atoms with E-state index in [0.717, 1.165) is 0 Å². The Labute approximate surface area is 254 Å². The lowest BCUT2D eigenvalue weighted by Gasteiger charge is -2.30. The molecule has 8 nitrogen and oxygen atoms in total. The number of hydrogen-bond donors (Lipinski definition) is 3. The summed E-state index contributed by atoms with van der Waals surface area (Å²) in [5.41, 5.74) is 1.27. The fourth-order valence-corrected chi connectivity index (χ4v) is 5.33. The lowest BCUT2D eigenvalue weighted by Crippen LogP contribution is -2.40. The third kappa shape index (κ3) is 8.26. The van der Waals surface area contributed by atoms with Gasteiger partial charge < -0.3 is 20.7 Å². The van der Waals surface area contributed by atoms with Crippen LogP contribution < -0.4 is 20.7 Å². The van der Waals surface area contributed by atoms with Crippen molar-refractivity contribution < 1.29 is 36.3 Å². The van der Waals surface area contributed by atoms with E-state index in [1.54, 1.807) is 26.0 Å². The van der Waals surface area contributed by atoms with Crippen molar-refractivity contribution in [3.8, 4) is 5.88 Å². The van der Waals surface area contributed by atoms with Crippen LogP contribution in [-0.2, 0) is 17.8 Å². The van der Waals surface area contributed by atoms with E-state index in [1.807, 2.05) is 0 Å². The molecule has 1 aliphatic heterocycles. The molecule has 0 atom stereocenters. The molecule has 2 amide bonds. The van der Waals surface area contributed by atoms with Crippen LogP contribution in [0.5, 0.6) is 5.88 Å². The number of nitrogens with zero attached hydrogens (tertiary/aromatic N) is 2. The highest BCUT2D eigenvalue weighted by Gasteiger charge is 2.41. The number of ether oxygens (including phenoxy) is 1. The Morgan fingerprint density at radius 2 is 1.81 bits per heavy atom. The molecule has 0 saturated heterocycles. The van der Waals surface area contributed by atoms with Crippen molar-refractivity contribution in [3.63, 3.8) is 0 Å². The van der Waals surface area contributed by atoms with Crippen LogP contribution in [-0.4, -0.2) is 47.9 Å². The number of amidine groups is 1. The van der Waals surface area contributed by atoms with Crippen LogP contribution in [0.1, 0.15) is 61.0 Å². The largest absolute Gasteiger partial charge is 0.471 e. The topological polar surface area (TPSA) is 105 Å². The Bertz CT molecular complexity index is 1400. The first-order chi connectivity index (χ1) is 20.2. The van der Waals surface area contributed by atoms with Gasteiger partial charge in [-0.1, -0.05) is 43.1 Å². The molecule has 2 heterocycles. The molecule has 43 heavy (non-hydrogen) atoms. The summed E-state index contributed by atoms with van der Waals surface area (Å²) in [5, 5.41) is 9.06. The van der Waals surface area contributed by atoms with E-state index in [1.165, 1.54) is 6.07 Å². The number of hydrogen-bond acceptors (Lipinski definition) is 6. The van der Waals surface area contributed by atoms with E-state index in [9.17, 15) is 31.5 Å². The van der Waals surface area contributed by atoms with Crippen molar-refractivity contribution in [1.29, 1.82) is 0 Å². The SMILES string of the molecule is CC(C)C(=O)NCc1ccc(Cl)c(NC2=Nc3nc(OCC(F)F)c(C(=O)NC4CCC(C(F)(F)F)CC4)cc3C2)c1Cl. The van der Waals surface area contributed by atoms with Crippen LogP contribution in [0.3, 0.4) is 0 Å². The summed E-state index contributed by atoms with van der Waals surface area (Å²) in [6.45, 7) is 2.66. The normalized spacial score (nSPS) is 18.3. The van der Waals surface area contributed by atoms with Gasteiger partial charge in [-0.25, -0.2) is 13.8 Å². The minimum absolute atomic E-state index is 0.120. The fraction of sp³-hybridized carbons (Fsp3) is 0.500. The van der Waals surface area contributed by atoms with E-state index in [4.69, 9.17) is 27.9 Å². The number of pyridine rings is 1. The molecular formula is C28H30Cl2F5N5O3. The van der Waals surface area contributed by atoms with E-state index in [2.05, 4.69) is 25.9 Å². The number of carbonyl (C=O) groups excluding carboxylic acids is 2. The number of carbonyl (C=O) groups is 2. The Hall–Kier alpha value is -3.19. The number of aliphatic imine (C=N–C) groups is 1. The van der Waals surface area contributed by atoms with Crippen molar-refractivity contribution in [2.45, 2.75) is 71.1 Å². The van der Waals surface area contributed by atoms with Crippen LogP contribution >= 0.6 is 23.2 Å². The number of rotatable bonds is 9. The molecule has 3 N–H and O–H groups in total. The fourth-order valence-electron chi connectivity index (χ4n) is 4.80. The third-order valence-electron chi connectivity index (χ3n) is 7.18. The number of amides is 2. The Morgan fingerprint density at radius 1 is 1.12 bits per heavy atom. The summed E-state index contributed by atoms with van der Waals surface area (Å²) < 4.78 is 70.1. The minimum atomic E-state index is -4.29. The third-order valence-corrected chi connectivity index (χ3v) is 7.92. The molecule has 2 aromatic rings. The van der Waals surface area contributed by atoms with Gasteiger partial charge in [0.2, 0.25) is 11.8 Å². The van der Waals surface area contributed by atoms with E-state index >= 15 is 0 Å². The summed E-state index contributed by atoms with van der Waals surface area (Å²) in [6.07, 6.45) is -6.97. The van der Waals surface area contributed by atoms with Crippen LogP contribution in [0, 0.1) is 11.8 Å². The van der Waals surface area contributed by atoms with Gasteiger partial charge in [0.05, 0.1) is 21.7 Å². The molecule has 1 aliphatic carbocycles. The molecule has 0 bridgehead atoms. The van der Waals surface area contributed by atoms with E-state index in [0.29, 0.717) is 22.6 Å². The smallest absolute Gasteiger partial charge is 0.391 e. The molecule has 0 spiro atoms. The predicted octanol–water partition coefficient (Wildman–Crippen LogP) is 6.85. The average molecular weight is 650 g/mol. The van der Waals surface area contributed by atoms with Gasteiger partial charge in [0.25, 0.3) is 12.3 Å². The summed E-state index contributed by atoms with van der Waals surface area (Å²) in [6, 6.07) is 4.18. The zero-order valence-electron chi connectivity index (χ0n) is 23.3. The first kappa shape index (κ1) is 32.7. The van der Waals surface area contributed by atoms with E-state index < -0.39 is 37.1 Å². The van der Waals surface area contributed by atoms with Gasteiger partial charge in [0.1, 0.15) is 11.4 Å². The van der Waals surface area contributed by atoms with Crippen LogP contribution in [0.2, 0.25) is 10.0 Å². The maximum absolute atomic E-state index is 13.1. The molecular weight excluding hydrogens is 620 g/mol. The number of alkyl halides is 5. The average Bonchev–Trinajstić information content (AvgIpc) is 3.34. The standard InChI is InChI=1S/C28H30Cl2F5N5O3/c1-13(2)25(41)36-11-14-3-8-19(29)23(22(14)30)38-21-10-15-9-18(27(40-24(15)39-21)43-12-20(31)32)26(42)37-17-6-4-16(5-7-17)28(33,34)35/h3,8-9,13,16-17,20H,4-7,10-12H2,1-2H3,(H,36,41)(H,37,42)(H,38,39,40). The number of aromatic nitrogens is 1. The second-order valence-electron chi connectivity index (χ2n) is 10.7. The maximum atomic E-state index is 13.1. The zero-order valence-corrected chi connectivity index (χ0v) is 24.8. The van der Waals surface area contributed by atoms with Gasteiger partial charge in [0.15, 0.2) is 12.4 Å². The number of anilines is 1.